The highest BCUT2D eigenvalue weighted by atomic mass is 16.5. The first-order valence-electron chi connectivity index (χ1n) is 9.57. The van der Waals surface area contributed by atoms with Crippen LogP contribution in [0.15, 0.2) is 48.7 Å². The number of fused-ring (bicyclic) bond motifs is 1. The average Bonchev–Trinajstić information content (AvgIpc) is 2.69. The van der Waals surface area contributed by atoms with Crippen LogP contribution >= 0.6 is 0 Å². The number of carbonyl (C=O) groups is 1. The number of para-hydroxylation sites is 1. The van der Waals surface area contributed by atoms with Gasteiger partial charge in [0.15, 0.2) is 0 Å². The predicted octanol–water partition coefficient (Wildman–Crippen LogP) is 3.66. The lowest BCUT2D eigenvalue weighted by Gasteiger charge is -2.28. The normalized spacial score (nSPS) is 15.5. The molecule has 1 saturated heterocycles. The molecule has 0 spiro atoms. The van der Waals surface area contributed by atoms with E-state index in [0.29, 0.717) is 17.1 Å². The molecular formula is C22H24N4O2. The molecule has 1 aliphatic rings. The van der Waals surface area contributed by atoms with Crippen molar-refractivity contribution in [3.05, 3.63) is 59.9 Å². The van der Waals surface area contributed by atoms with Gasteiger partial charge in [-0.25, -0.2) is 4.98 Å². The Kier molecular flexibility index (Phi) is 5.21. The Morgan fingerprint density at radius 3 is 2.79 bits per heavy atom. The first-order valence-corrected chi connectivity index (χ1v) is 9.57. The minimum Gasteiger partial charge on any atom is -0.474 e. The Labute approximate surface area is 164 Å². The van der Waals surface area contributed by atoms with Crippen LogP contribution < -0.4 is 10.1 Å². The highest BCUT2D eigenvalue weighted by molar-refractivity contribution is 6.12. The number of nitrogens with zero attached hydrogens (tertiary/aromatic N) is 3. The quantitative estimate of drug-likeness (QED) is 0.753. The highest BCUT2D eigenvalue weighted by Gasteiger charge is 2.19. The number of amides is 1. The number of aromatic nitrogens is 2. The van der Waals surface area contributed by atoms with Gasteiger partial charge in [0.1, 0.15) is 6.10 Å². The summed E-state index contributed by atoms with van der Waals surface area (Å²) in [5, 5.41) is 3.80. The van der Waals surface area contributed by atoms with Gasteiger partial charge in [0.25, 0.3) is 5.91 Å². The van der Waals surface area contributed by atoms with Gasteiger partial charge in [-0.3, -0.25) is 9.78 Å². The van der Waals surface area contributed by atoms with Crippen molar-refractivity contribution in [1.82, 2.24) is 14.9 Å². The zero-order valence-electron chi connectivity index (χ0n) is 16.2. The van der Waals surface area contributed by atoms with Crippen LogP contribution in [0.3, 0.4) is 0 Å². The van der Waals surface area contributed by atoms with Crippen LogP contribution in [0, 0.1) is 6.92 Å². The summed E-state index contributed by atoms with van der Waals surface area (Å²) in [5.74, 6) is 0.376. The summed E-state index contributed by atoms with van der Waals surface area (Å²) in [6, 6.07) is 13.0. The highest BCUT2D eigenvalue weighted by Crippen LogP contribution is 2.22. The van der Waals surface area contributed by atoms with E-state index in [1.165, 1.54) is 0 Å². The number of likely N-dealkylation sites (tertiary alicyclic amines) is 1. The third-order valence-electron chi connectivity index (χ3n) is 5.03. The van der Waals surface area contributed by atoms with Gasteiger partial charge < -0.3 is 15.0 Å². The molecule has 6 heteroatoms. The molecule has 144 valence electrons. The van der Waals surface area contributed by atoms with Crippen molar-refractivity contribution < 1.29 is 9.53 Å². The molecule has 1 amide bonds. The maximum atomic E-state index is 12.9. The van der Waals surface area contributed by atoms with Gasteiger partial charge >= 0.3 is 0 Å². The van der Waals surface area contributed by atoms with Crippen molar-refractivity contribution in [2.75, 3.05) is 25.5 Å². The maximum Gasteiger partial charge on any atom is 0.256 e. The third-order valence-corrected chi connectivity index (χ3v) is 5.03. The molecule has 0 unspecified atom stereocenters. The minimum atomic E-state index is -0.168. The molecule has 0 bridgehead atoms. The smallest absolute Gasteiger partial charge is 0.256 e. The number of rotatable bonds is 4. The van der Waals surface area contributed by atoms with Gasteiger partial charge in [-0.2, -0.15) is 0 Å². The van der Waals surface area contributed by atoms with E-state index in [-0.39, 0.29) is 12.0 Å². The summed E-state index contributed by atoms with van der Waals surface area (Å²) in [6.07, 6.45) is 3.80. The summed E-state index contributed by atoms with van der Waals surface area (Å²) in [7, 11) is 2.12. The van der Waals surface area contributed by atoms with E-state index in [1.807, 2.05) is 37.3 Å². The first-order chi connectivity index (χ1) is 13.6. The van der Waals surface area contributed by atoms with E-state index in [9.17, 15) is 4.79 Å². The second-order valence-electron chi connectivity index (χ2n) is 7.29. The first kappa shape index (κ1) is 18.4. The van der Waals surface area contributed by atoms with E-state index in [1.54, 1.807) is 18.3 Å². The number of piperidine rings is 1. The summed E-state index contributed by atoms with van der Waals surface area (Å²) < 4.78 is 6.02. The Bertz CT molecular complexity index is 997. The molecule has 1 aromatic carbocycles. The van der Waals surface area contributed by atoms with E-state index in [2.05, 4.69) is 27.2 Å². The maximum absolute atomic E-state index is 12.9. The van der Waals surface area contributed by atoms with Crippen LogP contribution in [0.5, 0.6) is 5.88 Å². The second kappa shape index (κ2) is 7.94. The van der Waals surface area contributed by atoms with Crippen LogP contribution in [0.2, 0.25) is 0 Å². The SMILES string of the molecule is Cc1cc(C(=O)Nc2ccnc(OC3CCN(C)CC3)c2)c2ccccc2n1. The number of hydrogen-bond acceptors (Lipinski definition) is 5. The molecule has 3 aromatic rings. The number of pyridine rings is 2. The molecule has 3 heterocycles. The fourth-order valence-corrected chi connectivity index (χ4v) is 3.52. The number of benzene rings is 1. The number of carbonyl (C=O) groups excluding carboxylic acids is 1. The molecule has 6 nitrogen and oxygen atoms in total. The average molecular weight is 376 g/mol. The fraction of sp³-hybridized carbons (Fsp3) is 0.318. The number of anilines is 1. The largest absolute Gasteiger partial charge is 0.474 e. The van der Waals surface area contributed by atoms with Crippen LogP contribution in [-0.2, 0) is 0 Å². The second-order valence-corrected chi connectivity index (χ2v) is 7.29. The predicted molar refractivity (Wildman–Crippen MR) is 110 cm³/mol. The summed E-state index contributed by atoms with van der Waals surface area (Å²) in [4.78, 5) is 24.0. The minimum absolute atomic E-state index is 0.168. The number of aryl methyl sites for hydroxylation is 1. The molecule has 4 rings (SSSR count). The van der Waals surface area contributed by atoms with Crippen molar-refractivity contribution in [2.24, 2.45) is 0 Å². The van der Waals surface area contributed by atoms with Crippen molar-refractivity contribution >= 4 is 22.5 Å². The van der Waals surface area contributed by atoms with Gasteiger partial charge in [0.2, 0.25) is 5.88 Å². The summed E-state index contributed by atoms with van der Waals surface area (Å²) >= 11 is 0. The molecule has 0 radical (unpaired) electrons. The Morgan fingerprint density at radius 1 is 1.18 bits per heavy atom. The van der Waals surface area contributed by atoms with E-state index in [0.717, 1.165) is 42.5 Å². The molecule has 2 aromatic heterocycles. The van der Waals surface area contributed by atoms with Gasteiger partial charge in [-0.05, 0) is 45.0 Å². The third kappa shape index (κ3) is 4.12. The molecule has 1 fully saturated rings. The Balaban J connectivity index is 1.51. The van der Waals surface area contributed by atoms with E-state index < -0.39 is 0 Å². The number of ether oxygens (including phenoxy) is 1. The number of nitrogens with one attached hydrogen (secondary N) is 1. The standard InChI is InChI=1S/C22H24N4O2/c1-15-13-19(18-5-3-4-6-20(18)24-15)22(27)25-16-7-10-23-21(14-16)28-17-8-11-26(2)12-9-17/h3-7,10,13-14,17H,8-9,11-12H2,1-2H3,(H,23,25,27). The molecular weight excluding hydrogens is 352 g/mol. The molecule has 0 aliphatic carbocycles. The summed E-state index contributed by atoms with van der Waals surface area (Å²) in [6.45, 7) is 3.94. The van der Waals surface area contributed by atoms with Gasteiger partial charge in [0, 0.05) is 42.1 Å². The molecule has 1 N–H and O–H groups in total. The Morgan fingerprint density at radius 2 is 1.96 bits per heavy atom. The van der Waals surface area contributed by atoms with Crippen LogP contribution in [0.1, 0.15) is 28.9 Å². The topological polar surface area (TPSA) is 67.3 Å². The Hall–Kier alpha value is -2.99. The van der Waals surface area contributed by atoms with Gasteiger partial charge in [-0.15, -0.1) is 0 Å². The molecule has 28 heavy (non-hydrogen) atoms. The van der Waals surface area contributed by atoms with Crippen molar-refractivity contribution in [1.29, 1.82) is 0 Å². The zero-order chi connectivity index (χ0) is 19.5. The monoisotopic (exact) mass is 376 g/mol. The summed E-state index contributed by atoms with van der Waals surface area (Å²) in [5.41, 5.74) is 2.90. The molecule has 0 atom stereocenters. The zero-order valence-corrected chi connectivity index (χ0v) is 16.2. The van der Waals surface area contributed by atoms with Crippen LogP contribution in [-0.4, -0.2) is 47.0 Å². The lowest BCUT2D eigenvalue weighted by Crippen LogP contribution is -2.35. The van der Waals surface area contributed by atoms with Crippen LogP contribution in [0.25, 0.3) is 10.9 Å². The fourth-order valence-electron chi connectivity index (χ4n) is 3.52. The molecule has 0 saturated carbocycles. The van der Waals surface area contributed by atoms with E-state index >= 15 is 0 Å². The number of hydrogen-bond donors (Lipinski definition) is 1. The van der Waals surface area contributed by atoms with Gasteiger partial charge in [-0.1, -0.05) is 18.2 Å². The van der Waals surface area contributed by atoms with Crippen molar-refractivity contribution in [2.45, 2.75) is 25.9 Å². The van der Waals surface area contributed by atoms with Crippen LogP contribution in [0.4, 0.5) is 5.69 Å². The van der Waals surface area contributed by atoms with Crippen molar-refractivity contribution in [3.8, 4) is 5.88 Å². The van der Waals surface area contributed by atoms with Crippen molar-refractivity contribution in [3.63, 3.8) is 0 Å². The van der Waals surface area contributed by atoms with Gasteiger partial charge in [0.05, 0.1) is 11.1 Å². The lowest BCUT2D eigenvalue weighted by atomic mass is 10.1. The lowest BCUT2D eigenvalue weighted by molar-refractivity contribution is 0.102. The molecule has 1 aliphatic heterocycles. The van der Waals surface area contributed by atoms with E-state index in [4.69, 9.17) is 4.74 Å².